The average molecular weight is 556 g/mol. The van der Waals surface area contributed by atoms with Crippen molar-refractivity contribution in [3.05, 3.63) is 112 Å². The van der Waals surface area contributed by atoms with Crippen molar-refractivity contribution >= 4 is 15.7 Å². The fraction of sp³-hybridized carbons (Fsp3) is 0.233. The number of carbonyl (C=O) groups is 1. The Morgan fingerprint density at radius 2 is 1.49 bits per heavy atom. The average Bonchev–Trinajstić information content (AvgIpc) is 3.32. The number of halogens is 3. The van der Waals surface area contributed by atoms with E-state index < -0.39 is 21.8 Å². The summed E-state index contributed by atoms with van der Waals surface area (Å²) < 4.78 is 68.2. The number of benzene rings is 3. The first kappa shape index (κ1) is 28.2. The second-order valence-corrected chi connectivity index (χ2v) is 11.7. The van der Waals surface area contributed by atoms with Crippen molar-refractivity contribution in [3.63, 3.8) is 0 Å². The van der Waals surface area contributed by atoms with Crippen molar-refractivity contribution in [2.75, 3.05) is 6.26 Å². The molecule has 3 aromatic carbocycles. The van der Waals surface area contributed by atoms with Crippen LogP contribution in [0.4, 0.5) is 13.2 Å². The molecule has 0 unspecified atom stereocenters. The number of amides is 1. The van der Waals surface area contributed by atoms with E-state index in [2.05, 4.69) is 0 Å². The van der Waals surface area contributed by atoms with Crippen LogP contribution >= 0.6 is 0 Å². The third-order valence-electron chi connectivity index (χ3n) is 6.39. The van der Waals surface area contributed by atoms with Crippen LogP contribution in [0.2, 0.25) is 0 Å². The SMILES string of the molecule is Cc1cc(C)c(C(=O)N(Cc2ccc(-c3cccc(S(C)(=O)=O)c3)cc2)Cc2ccc(C(F)(F)F)o2)c(C)c1. The van der Waals surface area contributed by atoms with Gasteiger partial charge in [0.2, 0.25) is 5.76 Å². The molecule has 0 radical (unpaired) electrons. The van der Waals surface area contributed by atoms with Crippen LogP contribution in [0.15, 0.2) is 82.1 Å². The van der Waals surface area contributed by atoms with Crippen molar-refractivity contribution in [1.29, 1.82) is 0 Å². The molecule has 1 heterocycles. The number of hydrogen-bond acceptors (Lipinski definition) is 4. The van der Waals surface area contributed by atoms with Gasteiger partial charge in [-0.25, -0.2) is 8.42 Å². The van der Waals surface area contributed by atoms with Crippen LogP contribution in [0.3, 0.4) is 0 Å². The molecule has 0 spiro atoms. The van der Waals surface area contributed by atoms with E-state index in [1.807, 2.05) is 45.0 Å². The molecule has 4 aromatic rings. The topological polar surface area (TPSA) is 67.6 Å². The third-order valence-corrected chi connectivity index (χ3v) is 7.50. The highest BCUT2D eigenvalue weighted by atomic mass is 32.2. The summed E-state index contributed by atoms with van der Waals surface area (Å²) in [6.45, 7) is 5.57. The number of rotatable bonds is 7. The number of hydrogen-bond donors (Lipinski definition) is 0. The molecule has 9 heteroatoms. The fourth-order valence-corrected chi connectivity index (χ4v) is 5.27. The monoisotopic (exact) mass is 555 g/mol. The number of alkyl halides is 3. The molecule has 0 N–H and O–H groups in total. The first-order valence-corrected chi connectivity index (χ1v) is 14.0. The van der Waals surface area contributed by atoms with Crippen LogP contribution in [0.1, 0.15) is 44.1 Å². The molecule has 0 fully saturated rings. The van der Waals surface area contributed by atoms with E-state index in [1.54, 1.807) is 30.3 Å². The Labute approximate surface area is 225 Å². The molecule has 0 aliphatic carbocycles. The number of carbonyl (C=O) groups excluding carboxylic acids is 1. The van der Waals surface area contributed by atoms with Crippen molar-refractivity contribution in [2.45, 2.75) is 44.9 Å². The van der Waals surface area contributed by atoms with Gasteiger partial charge in [0, 0.05) is 18.4 Å². The maximum absolute atomic E-state index is 13.7. The zero-order chi connectivity index (χ0) is 28.5. The zero-order valence-corrected chi connectivity index (χ0v) is 22.8. The minimum absolute atomic E-state index is 0.0207. The predicted molar refractivity (Wildman–Crippen MR) is 143 cm³/mol. The highest BCUT2D eigenvalue weighted by Crippen LogP contribution is 2.31. The third kappa shape index (κ3) is 6.60. The van der Waals surface area contributed by atoms with Gasteiger partial charge in [-0.1, -0.05) is 54.1 Å². The summed E-state index contributed by atoms with van der Waals surface area (Å²) in [5.41, 5.74) is 5.31. The van der Waals surface area contributed by atoms with Crippen molar-refractivity contribution in [2.24, 2.45) is 0 Å². The van der Waals surface area contributed by atoms with Crippen LogP contribution in [0.25, 0.3) is 11.1 Å². The fourth-order valence-electron chi connectivity index (χ4n) is 4.61. The maximum atomic E-state index is 13.7. The highest BCUT2D eigenvalue weighted by molar-refractivity contribution is 7.90. The van der Waals surface area contributed by atoms with Gasteiger partial charge < -0.3 is 9.32 Å². The second-order valence-electron chi connectivity index (χ2n) is 9.70. The smallest absolute Gasteiger partial charge is 0.449 e. The predicted octanol–water partition coefficient (Wildman–Crippen LogP) is 7.14. The van der Waals surface area contributed by atoms with Crippen LogP contribution in [0.5, 0.6) is 0 Å². The number of nitrogens with zero attached hydrogens (tertiary/aromatic N) is 1. The van der Waals surface area contributed by atoms with Gasteiger partial charge in [0.15, 0.2) is 9.84 Å². The Kier molecular flexibility index (Phi) is 7.75. The van der Waals surface area contributed by atoms with E-state index in [0.717, 1.165) is 45.7 Å². The molecule has 204 valence electrons. The first-order chi connectivity index (χ1) is 18.2. The van der Waals surface area contributed by atoms with Gasteiger partial charge in [-0.2, -0.15) is 13.2 Å². The lowest BCUT2D eigenvalue weighted by Crippen LogP contribution is -2.31. The van der Waals surface area contributed by atoms with Crippen molar-refractivity contribution in [1.82, 2.24) is 4.90 Å². The van der Waals surface area contributed by atoms with E-state index in [4.69, 9.17) is 4.42 Å². The summed E-state index contributed by atoms with van der Waals surface area (Å²) >= 11 is 0. The first-order valence-electron chi connectivity index (χ1n) is 12.1. The lowest BCUT2D eigenvalue weighted by Gasteiger charge is -2.24. The highest BCUT2D eigenvalue weighted by Gasteiger charge is 2.35. The summed E-state index contributed by atoms with van der Waals surface area (Å²) in [4.78, 5) is 15.4. The van der Waals surface area contributed by atoms with Crippen LogP contribution in [0, 0.1) is 20.8 Å². The Morgan fingerprint density at radius 1 is 0.846 bits per heavy atom. The Bertz CT molecular complexity index is 1600. The lowest BCUT2D eigenvalue weighted by atomic mass is 9.98. The summed E-state index contributed by atoms with van der Waals surface area (Å²) in [6, 6.07) is 19.7. The van der Waals surface area contributed by atoms with Gasteiger partial charge in [0.1, 0.15) is 5.76 Å². The van der Waals surface area contributed by atoms with Gasteiger partial charge in [0.25, 0.3) is 5.91 Å². The van der Waals surface area contributed by atoms with E-state index in [-0.39, 0.29) is 29.7 Å². The molecule has 1 aromatic heterocycles. The molecule has 0 aliphatic heterocycles. The van der Waals surface area contributed by atoms with E-state index in [1.165, 1.54) is 17.0 Å². The van der Waals surface area contributed by atoms with Gasteiger partial charge >= 0.3 is 6.18 Å². The summed E-state index contributed by atoms with van der Waals surface area (Å²) in [7, 11) is -3.36. The number of furan rings is 1. The molecular formula is C30H28F3NO4S. The van der Waals surface area contributed by atoms with Gasteiger partial charge in [-0.05, 0) is 72.9 Å². The summed E-state index contributed by atoms with van der Waals surface area (Å²) in [5.74, 6) is -1.42. The van der Waals surface area contributed by atoms with Crippen LogP contribution in [-0.2, 0) is 29.1 Å². The largest absolute Gasteiger partial charge is 0.455 e. The Hall–Kier alpha value is -3.85. The molecule has 0 saturated carbocycles. The maximum Gasteiger partial charge on any atom is 0.449 e. The molecule has 39 heavy (non-hydrogen) atoms. The normalized spacial score (nSPS) is 12.0. The standard InChI is InChI=1S/C30H28F3NO4S/c1-19-14-20(2)28(21(3)15-19)29(35)34(18-25-12-13-27(38-25)30(31,32)33)17-22-8-10-23(11-9-22)24-6-5-7-26(16-24)39(4,36)37/h5-16H,17-18H2,1-4H3. The quantitative estimate of drug-likeness (QED) is 0.243. The Morgan fingerprint density at radius 3 is 2.05 bits per heavy atom. The van der Waals surface area contributed by atoms with Crippen molar-refractivity contribution < 1.29 is 30.8 Å². The number of aryl methyl sites for hydroxylation is 3. The molecule has 0 bridgehead atoms. The molecule has 4 rings (SSSR count). The molecule has 1 amide bonds. The minimum atomic E-state index is -4.62. The van der Waals surface area contributed by atoms with E-state index in [0.29, 0.717) is 5.56 Å². The zero-order valence-electron chi connectivity index (χ0n) is 22.0. The lowest BCUT2D eigenvalue weighted by molar-refractivity contribution is -0.153. The molecule has 0 atom stereocenters. The van der Waals surface area contributed by atoms with Gasteiger partial charge in [-0.3, -0.25) is 4.79 Å². The molecular weight excluding hydrogens is 527 g/mol. The van der Waals surface area contributed by atoms with Gasteiger partial charge in [-0.15, -0.1) is 0 Å². The van der Waals surface area contributed by atoms with E-state index >= 15 is 0 Å². The molecule has 5 nitrogen and oxygen atoms in total. The Balaban J connectivity index is 1.65. The van der Waals surface area contributed by atoms with E-state index in [9.17, 15) is 26.4 Å². The van der Waals surface area contributed by atoms with Crippen LogP contribution in [-0.4, -0.2) is 25.5 Å². The molecule has 0 aliphatic rings. The minimum Gasteiger partial charge on any atom is -0.455 e. The summed E-state index contributed by atoms with van der Waals surface area (Å²) in [5, 5.41) is 0. The van der Waals surface area contributed by atoms with Crippen molar-refractivity contribution in [3.8, 4) is 11.1 Å². The van der Waals surface area contributed by atoms with Gasteiger partial charge in [0.05, 0.1) is 11.4 Å². The second kappa shape index (κ2) is 10.7. The molecule has 0 saturated heterocycles. The number of sulfone groups is 1. The van der Waals surface area contributed by atoms with Crippen LogP contribution < -0.4 is 0 Å². The summed E-state index contributed by atoms with van der Waals surface area (Å²) in [6.07, 6.45) is -3.48.